The van der Waals surface area contributed by atoms with E-state index in [4.69, 9.17) is 0 Å². The zero-order chi connectivity index (χ0) is 6.81. The number of rotatable bonds is 0. The molecule has 0 aliphatic heterocycles. The number of hydrogen-bond acceptors (Lipinski definition) is 0. The molecule has 0 unspecified atom stereocenters. The molecule has 0 atom stereocenters. The Morgan fingerprint density at radius 3 is 2.73 bits per heavy atom. The first kappa shape index (κ1) is 8.78. The highest BCUT2D eigenvalue weighted by molar-refractivity contribution is 14.0. The molecule has 0 bridgehead atoms. The lowest BCUT2D eigenvalue weighted by atomic mass is 9.98. The van der Waals surface area contributed by atoms with Crippen LogP contribution in [0.5, 0.6) is 0 Å². The summed E-state index contributed by atoms with van der Waals surface area (Å²) in [5.41, 5.74) is 2.89. The zero-order valence-corrected chi connectivity index (χ0v) is 8.62. The van der Waals surface area contributed by atoms with Crippen LogP contribution < -0.4 is 0 Å². The van der Waals surface area contributed by atoms with Gasteiger partial charge in [0, 0.05) is 0 Å². The van der Waals surface area contributed by atoms with Crippen molar-refractivity contribution in [3.63, 3.8) is 0 Å². The van der Waals surface area contributed by atoms with E-state index >= 15 is 0 Å². The predicted molar refractivity (Wildman–Crippen MR) is 59.2 cm³/mol. The quantitative estimate of drug-likeness (QED) is 0.626. The lowest BCUT2D eigenvalue weighted by Crippen LogP contribution is -1.91. The second kappa shape index (κ2) is 3.90. The number of halogens is 1. The molecule has 1 aliphatic carbocycles. The molecule has 1 aromatic carbocycles. The molecular weight excluding hydrogens is 247 g/mol. The Balaban J connectivity index is 0.000000605. The lowest BCUT2D eigenvalue weighted by Gasteiger charge is -2.07. The van der Waals surface area contributed by atoms with Gasteiger partial charge in [0.05, 0.1) is 0 Å². The van der Waals surface area contributed by atoms with Gasteiger partial charge >= 0.3 is 0 Å². The van der Waals surface area contributed by atoms with Crippen LogP contribution in [0.15, 0.2) is 30.3 Å². The highest BCUT2D eigenvalue weighted by atomic mass is 127. The fourth-order valence-electron chi connectivity index (χ4n) is 1.37. The Labute approximate surface area is 84.3 Å². The van der Waals surface area contributed by atoms with Gasteiger partial charge in [-0.1, -0.05) is 36.4 Å². The van der Waals surface area contributed by atoms with E-state index < -0.39 is 0 Å². The Bertz CT molecular complexity index is 263. The molecule has 11 heavy (non-hydrogen) atoms. The highest BCUT2D eigenvalue weighted by Crippen LogP contribution is 2.17. The summed E-state index contributed by atoms with van der Waals surface area (Å²) in [6, 6.07) is 8.58. The maximum atomic E-state index is 2.24. The Morgan fingerprint density at radius 1 is 1.09 bits per heavy atom. The molecule has 1 aromatic rings. The summed E-state index contributed by atoms with van der Waals surface area (Å²) in [7, 11) is 0. The van der Waals surface area contributed by atoms with Gasteiger partial charge in [-0.05, 0) is 24.0 Å². The third-order valence-corrected chi connectivity index (χ3v) is 1.93. The molecule has 0 fully saturated rings. The van der Waals surface area contributed by atoms with Crippen molar-refractivity contribution >= 4 is 30.1 Å². The second-order valence-corrected chi connectivity index (χ2v) is 2.64. The van der Waals surface area contributed by atoms with Crippen molar-refractivity contribution in [3.05, 3.63) is 41.5 Å². The third-order valence-electron chi connectivity index (χ3n) is 1.93. The summed E-state index contributed by atoms with van der Waals surface area (Å²) in [6.45, 7) is 0. The van der Waals surface area contributed by atoms with Crippen molar-refractivity contribution in [1.82, 2.24) is 0 Å². The van der Waals surface area contributed by atoms with Crippen molar-refractivity contribution < 1.29 is 0 Å². The summed E-state index contributed by atoms with van der Waals surface area (Å²) in [6.07, 6.45) is 6.87. The minimum absolute atomic E-state index is 0. The van der Waals surface area contributed by atoms with Crippen molar-refractivity contribution in [2.75, 3.05) is 0 Å². The molecule has 0 aromatic heterocycles. The third kappa shape index (κ3) is 1.83. The van der Waals surface area contributed by atoms with Gasteiger partial charge in [-0.25, -0.2) is 0 Å². The molecular formula is C10H11I. The normalized spacial score (nSPS) is 13.5. The van der Waals surface area contributed by atoms with Crippen LogP contribution in [0.2, 0.25) is 0 Å². The average molecular weight is 258 g/mol. The standard InChI is InChI=1S/C10H10.HI/c1-2-6-10-8-4-3-7-9(10)5-1;/h1-3,5-7H,4,8H2;1H. The first-order valence-electron chi connectivity index (χ1n) is 3.71. The van der Waals surface area contributed by atoms with Crippen LogP contribution in [0.3, 0.4) is 0 Å². The fraction of sp³-hybridized carbons (Fsp3) is 0.200. The molecule has 1 aliphatic rings. The van der Waals surface area contributed by atoms with E-state index in [1.54, 1.807) is 0 Å². The maximum Gasteiger partial charge on any atom is -0.0228 e. The zero-order valence-electron chi connectivity index (χ0n) is 6.29. The Morgan fingerprint density at radius 2 is 1.91 bits per heavy atom. The van der Waals surface area contributed by atoms with Crippen molar-refractivity contribution in [2.24, 2.45) is 0 Å². The molecule has 0 saturated heterocycles. The summed E-state index contributed by atoms with van der Waals surface area (Å²) in [5, 5.41) is 0. The molecule has 0 amide bonds. The van der Waals surface area contributed by atoms with Gasteiger partial charge in [0.2, 0.25) is 0 Å². The van der Waals surface area contributed by atoms with Crippen molar-refractivity contribution in [2.45, 2.75) is 12.8 Å². The molecule has 0 heterocycles. The molecule has 58 valence electrons. The van der Waals surface area contributed by atoms with E-state index in [2.05, 4.69) is 36.4 Å². The Hall–Kier alpha value is -0.310. The molecule has 1 heteroatoms. The number of benzene rings is 1. The molecule has 0 saturated carbocycles. The fourth-order valence-corrected chi connectivity index (χ4v) is 1.37. The van der Waals surface area contributed by atoms with E-state index in [1.807, 2.05) is 0 Å². The summed E-state index contributed by atoms with van der Waals surface area (Å²) in [5.74, 6) is 0. The first-order chi connectivity index (χ1) is 4.97. The topological polar surface area (TPSA) is 0 Å². The van der Waals surface area contributed by atoms with E-state index in [-0.39, 0.29) is 24.0 Å². The number of fused-ring (bicyclic) bond motifs is 1. The monoisotopic (exact) mass is 258 g/mol. The minimum Gasteiger partial charge on any atom is -0.107 e. The SMILES string of the molecule is C1=Cc2ccccc2CC1.I. The van der Waals surface area contributed by atoms with Crippen LogP contribution in [0.25, 0.3) is 6.08 Å². The maximum absolute atomic E-state index is 2.24. The first-order valence-corrected chi connectivity index (χ1v) is 3.71. The molecule has 0 nitrogen and oxygen atoms in total. The van der Waals surface area contributed by atoms with E-state index in [0.29, 0.717) is 0 Å². The van der Waals surface area contributed by atoms with Crippen LogP contribution in [-0.4, -0.2) is 0 Å². The second-order valence-electron chi connectivity index (χ2n) is 2.64. The van der Waals surface area contributed by atoms with Gasteiger partial charge in [-0.15, -0.1) is 24.0 Å². The highest BCUT2D eigenvalue weighted by Gasteiger charge is 2.00. The smallest absolute Gasteiger partial charge is 0.0228 e. The molecule has 0 N–H and O–H groups in total. The van der Waals surface area contributed by atoms with Crippen LogP contribution in [0, 0.1) is 0 Å². The van der Waals surface area contributed by atoms with E-state index in [1.165, 1.54) is 24.0 Å². The number of hydrogen-bond donors (Lipinski definition) is 0. The van der Waals surface area contributed by atoms with Gasteiger partial charge in [0.15, 0.2) is 0 Å². The van der Waals surface area contributed by atoms with Gasteiger partial charge in [0.25, 0.3) is 0 Å². The molecule has 2 rings (SSSR count). The van der Waals surface area contributed by atoms with Gasteiger partial charge in [-0.3, -0.25) is 0 Å². The van der Waals surface area contributed by atoms with Crippen LogP contribution in [-0.2, 0) is 6.42 Å². The minimum atomic E-state index is 0. The summed E-state index contributed by atoms with van der Waals surface area (Å²) < 4.78 is 0. The van der Waals surface area contributed by atoms with Crippen LogP contribution in [0.1, 0.15) is 17.5 Å². The lowest BCUT2D eigenvalue weighted by molar-refractivity contribution is 0.986. The Kier molecular flexibility index (Phi) is 3.12. The summed E-state index contributed by atoms with van der Waals surface area (Å²) in [4.78, 5) is 0. The van der Waals surface area contributed by atoms with Gasteiger partial charge in [0.1, 0.15) is 0 Å². The van der Waals surface area contributed by atoms with Crippen LogP contribution >= 0.6 is 24.0 Å². The van der Waals surface area contributed by atoms with Gasteiger partial charge in [-0.2, -0.15) is 0 Å². The van der Waals surface area contributed by atoms with Crippen molar-refractivity contribution in [1.29, 1.82) is 0 Å². The average Bonchev–Trinajstić information content (AvgIpc) is 2.05. The summed E-state index contributed by atoms with van der Waals surface area (Å²) >= 11 is 0. The van der Waals surface area contributed by atoms with E-state index in [9.17, 15) is 0 Å². The number of allylic oxidation sites excluding steroid dienone is 1. The number of aryl methyl sites for hydroxylation is 1. The molecule has 0 radical (unpaired) electrons. The van der Waals surface area contributed by atoms with Crippen LogP contribution in [0.4, 0.5) is 0 Å². The predicted octanol–water partition coefficient (Wildman–Crippen LogP) is 3.26. The van der Waals surface area contributed by atoms with Gasteiger partial charge < -0.3 is 0 Å². The van der Waals surface area contributed by atoms with Crippen molar-refractivity contribution in [3.8, 4) is 0 Å². The van der Waals surface area contributed by atoms with E-state index in [0.717, 1.165) is 0 Å². The molecule has 0 spiro atoms. The largest absolute Gasteiger partial charge is 0.107 e.